The zero-order chi connectivity index (χ0) is 14.2. The number of hydrogen-bond donors (Lipinski definition) is 3. The molecule has 0 radical (unpaired) electrons. The summed E-state index contributed by atoms with van der Waals surface area (Å²) in [6, 6.07) is 9.98. The van der Waals surface area contributed by atoms with E-state index in [1.165, 1.54) is 0 Å². The summed E-state index contributed by atoms with van der Waals surface area (Å²) < 4.78 is 0. The van der Waals surface area contributed by atoms with Crippen molar-refractivity contribution >= 4 is 23.5 Å². The first-order valence-electron chi connectivity index (χ1n) is 6.08. The topological polar surface area (TPSA) is 65.1 Å². The lowest BCUT2D eigenvalue weighted by Crippen LogP contribution is -2.31. The van der Waals surface area contributed by atoms with E-state index in [-0.39, 0.29) is 0 Å². The van der Waals surface area contributed by atoms with E-state index in [2.05, 4.69) is 32.6 Å². The third-order valence-electron chi connectivity index (χ3n) is 2.52. The number of rotatable bonds is 5. The van der Waals surface area contributed by atoms with Crippen LogP contribution in [0, 0.1) is 0 Å². The minimum absolute atomic E-state index is 0.446. The fourth-order valence-corrected chi connectivity index (χ4v) is 1.74. The Labute approximate surface area is 122 Å². The van der Waals surface area contributed by atoms with E-state index in [0.29, 0.717) is 11.7 Å². The van der Waals surface area contributed by atoms with Crippen LogP contribution in [0.15, 0.2) is 54.3 Å². The second-order valence-electron chi connectivity index (χ2n) is 3.93. The second kappa shape index (κ2) is 7.20. The highest BCUT2D eigenvalue weighted by Crippen LogP contribution is 2.19. The molecule has 20 heavy (non-hydrogen) atoms. The number of H-pyrrole nitrogens is 1. The zero-order valence-electron chi connectivity index (χ0n) is 10.8. The summed E-state index contributed by atoms with van der Waals surface area (Å²) in [5, 5.41) is 14.4. The average Bonchev–Trinajstić information content (AvgIpc) is 2.94. The molecule has 0 atom stereocenters. The molecule has 2 aromatic rings. The highest BCUT2D eigenvalue weighted by atomic mass is 32.1. The third kappa shape index (κ3) is 3.76. The van der Waals surface area contributed by atoms with Crippen molar-refractivity contribution in [3.63, 3.8) is 0 Å². The van der Waals surface area contributed by atoms with Gasteiger partial charge in [0, 0.05) is 12.1 Å². The Morgan fingerprint density at radius 1 is 1.40 bits per heavy atom. The molecule has 1 aromatic heterocycles. The van der Waals surface area contributed by atoms with Gasteiger partial charge in [-0.2, -0.15) is 10.2 Å². The van der Waals surface area contributed by atoms with Gasteiger partial charge in [-0.05, 0) is 17.8 Å². The summed E-state index contributed by atoms with van der Waals surface area (Å²) in [5.74, 6) is 0. The molecule has 1 aromatic carbocycles. The highest BCUT2D eigenvalue weighted by Gasteiger charge is 2.04. The van der Waals surface area contributed by atoms with Crippen LogP contribution in [-0.2, 0) is 0 Å². The molecule has 6 heteroatoms. The Morgan fingerprint density at radius 3 is 2.95 bits per heavy atom. The minimum atomic E-state index is 0.446. The molecule has 102 valence electrons. The lowest BCUT2D eigenvalue weighted by molar-refractivity contribution is 0.940. The summed E-state index contributed by atoms with van der Waals surface area (Å²) in [6.07, 6.45) is 5.14. The van der Waals surface area contributed by atoms with Gasteiger partial charge >= 0.3 is 0 Å². The number of aromatic amines is 1. The van der Waals surface area contributed by atoms with Gasteiger partial charge in [-0.3, -0.25) is 10.5 Å². The summed E-state index contributed by atoms with van der Waals surface area (Å²) in [7, 11) is 0. The van der Waals surface area contributed by atoms with Crippen LogP contribution < -0.4 is 10.7 Å². The first-order valence-corrected chi connectivity index (χ1v) is 6.48. The molecule has 2 rings (SSSR count). The van der Waals surface area contributed by atoms with E-state index in [0.717, 1.165) is 16.8 Å². The van der Waals surface area contributed by atoms with Crippen LogP contribution in [0.4, 0.5) is 0 Å². The molecule has 0 spiro atoms. The molecular weight excluding hydrogens is 270 g/mol. The van der Waals surface area contributed by atoms with E-state index in [9.17, 15) is 0 Å². The monoisotopic (exact) mass is 285 g/mol. The Bertz CT molecular complexity index is 603. The smallest absolute Gasteiger partial charge is 0.187 e. The van der Waals surface area contributed by atoms with Gasteiger partial charge in [0.1, 0.15) is 0 Å². The van der Waals surface area contributed by atoms with Crippen molar-refractivity contribution in [3.8, 4) is 11.1 Å². The maximum Gasteiger partial charge on any atom is 0.187 e. The minimum Gasteiger partial charge on any atom is -0.358 e. The van der Waals surface area contributed by atoms with Crippen molar-refractivity contribution in [2.45, 2.75) is 0 Å². The van der Waals surface area contributed by atoms with Gasteiger partial charge in [0.05, 0.1) is 18.1 Å². The van der Waals surface area contributed by atoms with Crippen molar-refractivity contribution in [3.05, 3.63) is 54.9 Å². The highest BCUT2D eigenvalue weighted by molar-refractivity contribution is 7.80. The maximum atomic E-state index is 5.03. The summed E-state index contributed by atoms with van der Waals surface area (Å²) in [4.78, 5) is 0. The van der Waals surface area contributed by atoms with Crippen molar-refractivity contribution in [2.75, 3.05) is 6.54 Å². The summed E-state index contributed by atoms with van der Waals surface area (Å²) in [5.41, 5.74) is 5.61. The molecular formula is C14H15N5S. The maximum absolute atomic E-state index is 5.03. The van der Waals surface area contributed by atoms with Gasteiger partial charge in [0.25, 0.3) is 0 Å². The van der Waals surface area contributed by atoms with Crippen molar-refractivity contribution in [1.29, 1.82) is 0 Å². The zero-order valence-corrected chi connectivity index (χ0v) is 11.7. The Morgan fingerprint density at radius 2 is 2.20 bits per heavy atom. The molecule has 1 heterocycles. The molecule has 0 amide bonds. The number of aromatic nitrogens is 2. The lowest BCUT2D eigenvalue weighted by atomic mass is 10.1. The fraction of sp³-hybridized carbons (Fsp3) is 0.0714. The quantitative estimate of drug-likeness (QED) is 0.340. The average molecular weight is 285 g/mol. The van der Waals surface area contributed by atoms with Crippen LogP contribution in [0.2, 0.25) is 0 Å². The van der Waals surface area contributed by atoms with Gasteiger partial charge in [-0.15, -0.1) is 6.58 Å². The van der Waals surface area contributed by atoms with Gasteiger partial charge in [-0.25, -0.2) is 0 Å². The van der Waals surface area contributed by atoms with E-state index in [1.807, 2.05) is 30.3 Å². The molecule has 0 saturated carbocycles. The molecule has 0 bridgehead atoms. The van der Waals surface area contributed by atoms with Crippen LogP contribution in [0.1, 0.15) is 5.69 Å². The molecule has 0 saturated heterocycles. The molecule has 0 unspecified atom stereocenters. The standard InChI is InChI=1S/C14H15N5S/c1-2-8-15-14(20)19-17-10-13-12(9-16-18-13)11-6-4-3-5-7-11/h2-7,9-10H,1,8H2,(H,16,18)(H2,15,19,20)/b17-10+. The van der Waals surface area contributed by atoms with E-state index in [1.54, 1.807) is 18.5 Å². The van der Waals surface area contributed by atoms with Crippen molar-refractivity contribution in [1.82, 2.24) is 20.9 Å². The fourth-order valence-electron chi connectivity index (χ4n) is 1.60. The lowest BCUT2D eigenvalue weighted by Gasteiger charge is -2.03. The number of nitrogens with one attached hydrogen (secondary N) is 3. The normalized spacial score (nSPS) is 10.4. The van der Waals surface area contributed by atoms with E-state index < -0.39 is 0 Å². The first-order chi connectivity index (χ1) is 9.81. The molecule has 5 nitrogen and oxygen atoms in total. The van der Waals surface area contributed by atoms with Crippen LogP contribution in [0.3, 0.4) is 0 Å². The van der Waals surface area contributed by atoms with Gasteiger partial charge < -0.3 is 5.32 Å². The van der Waals surface area contributed by atoms with Gasteiger partial charge in [-0.1, -0.05) is 36.4 Å². The summed E-state index contributed by atoms with van der Waals surface area (Å²) in [6.45, 7) is 4.20. The van der Waals surface area contributed by atoms with Crippen LogP contribution in [0.5, 0.6) is 0 Å². The number of hydrogen-bond acceptors (Lipinski definition) is 3. The Hall–Kier alpha value is -2.47. The Balaban J connectivity index is 2.02. The third-order valence-corrected chi connectivity index (χ3v) is 2.76. The number of thiocarbonyl (C=S) groups is 1. The molecule has 0 fully saturated rings. The van der Waals surface area contributed by atoms with Gasteiger partial charge in [0.2, 0.25) is 0 Å². The molecule has 0 aliphatic rings. The van der Waals surface area contributed by atoms with E-state index >= 15 is 0 Å². The van der Waals surface area contributed by atoms with Crippen LogP contribution in [0.25, 0.3) is 11.1 Å². The van der Waals surface area contributed by atoms with Crippen molar-refractivity contribution in [2.24, 2.45) is 5.10 Å². The van der Waals surface area contributed by atoms with E-state index in [4.69, 9.17) is 12.2 Å². The second-order valence-corrected chi connectivity index (χ2v) is 4.34. The van der Waals surface area contributed by atoms with Crippen LogP contribution >= 0.6 is 12.2 Å². The number of hydrazone groups is 1. The first kappa shape index (κ1) is 14.0. The molecule has 0 aliphatic heterocycles. The summed E-state index contributed by atoms with van der Waals surface area (Å²) >= 11 is 5.03. The number of benzene rings is 1. The molecule has 0 aliphatic carbocycles. The predicted octanol–water partition coefficient (Wildman–Crippen LogP) is 2.06. The van der Waals surface area contributed by atoms with Crippen LogP contribution in [-0.4, -0.2) is 28.1 Å². The largest absolute Gasteiger partial charge is 0.358 e. The Kier molecular flexibility index (Phi) is 5.02. The van der Waals surface area contributed by atoms with Crippen molar-refractivity contribution < 1.29 is 0 Å². The predicted molar refractivity (Wildman–Crippen MR) is 85.6 cm³/mol. The SMILES string of the molecule is C=CCNC(=S)N/N=C/c1[nH]ncc1-c1ccccc1. The van der Waals surface area contributed by atoms with Gasteiger partial charge in [0.15, 0.2) is 5.11 Å². The molecule has 3 N–H and O–H groups in total. The number of nitrogens with zero attached hydrogens (tertiary/aromatic N) is 2.